The lowest BCUT2D eigenvalue weighted by Crippen LogP contribution is -2.48. The first-order valence-corrected chi connectivity index (χ1v) is 45.0. The minimum absolute atomic E-state index is 0.00449. The summed E-state index contributed by atoms with van der Waals surface area (Å²) in [6.07, 6.45) is 16.5. The number of nitrogens with zero attached hydrogens (tertiary/aromatic N) is 12. The number of carboxylic acid groups (broad SMARTS) is 1. The van der Waals surface area contributed by atoms with Gasteiger partial charge in [0.2, 0.25) is 17.7 Å². The van der Waals surface area contributed by atoms with Crippen molar-refractivity contribution in [2.24, 2.45) is 23.7 Å². The van der Waals surface area contributed by atoms with E-state index in [1.807, 2.05) is 86.4 Å². The maximum absolute atomic E-state index is 13.2. The number of amides is 3. The standard InChI is InChI=1S/3C23H30N4O4S.C8H10N2O2S.C3H2BrNS/c3*28-21(16-3-4-19-20(13-16)31-11-10-30-19)18(15-26-7-1-2-8-26)25-22(29)17-5-9-27(14-17)23-24-6-12-32-23;11-7(12)6-1-3-10(5-6)8-9-2-4-13-8;4-3-5-1-2-6-3/h3*3-4,6,12-13,17-18,21,28H,1-2,5,7-11,14-15H2,(H,25,29);2,4,6H,1,3,5H2,(H,11,12);1-2H/t17?,18-,21-;17-,18+,21+;17-,18-,21-;;/m101../s1. The first-order chi connectivity index (χ1) is 56.2. The Balaban J connectivity index is 0.000000127. The summed E-state index contributed by atoms with van der Waals surface area (Å²) in [5.74, 6) is 2.81. The SMILES string of the molecule is Brc1nccs1.O=C(N[C@H](CN1CCCC1)[C@H](O)c1ccc2c(c1)OCCO2)C1CCN(c2nccs2)C1.O=C(N[C@H](CN1CCCC1)[C@H](O)c1ccc2c(c1)OCCO2)[C@@H]1CCN(c2nccs2)C1.O=C(N[C@H](CN1CCCC1)[C@H](O)c1ccc2c(c1)OCCO2)[C@H]1CCN(c2nccs2)C1.O=C(O)C1CCN(c2nccs2)C1. The number of carboxylic acids is 1. The van der Waals surface area contributed by atoms with Crippen molar-refractivity contribution in [1.82, 2.24) is 55.6 Å². The molecule has 10 aliphatic rings. The number of ether oxygens (including phenoxy) is 6. The van der Waals surface area contributed by atoms with E-state index < -0.39 is 42.4 Å². The van der Waals surface area contributed by atoms with Crippen molar-refractivity contribution < 1.29 is 68.0 Å². The Morgan fingerprint density at radius 2 is 0.652 bits per heavy atom. The molecule has 115 heavy (non-hydrogen) atoms. The topological polar surface area (TPSA) is 328 Å². The lowest BCUT2D eigenvalue weighted by molar-refractivity contribution is -0.141. The highest BCUT2D eigenvalue weighted by Crippen LogP contribution is 2.39. The fourth-order valence-corrected chi connectivity index (χ4v) is 19.5. The number of aliphatic hydroxyl groups is 3. The maximum atomic E-state index is 13.2. The first kappa shape index (κ1) is 83.4. The van der Waals surface area contributed by atoms with Gasteiger partial charge in [-0.3, -0.25) is 19.2 Å². The Bertz CT molecular complexity index is 3980. The fraction of sp³-hybridized carbons (Fsp3) is 0.537. The lowest BCUT2D eigenvalue weighted by Gasteiger charge is -2.30. The summed E-state index contributed by atoms with van der Waals surface area (Å²) in [4.78, 5) is 86.8. The molecule has 0 spiro atoms. The quantitative estimate of drug-likeness (QED) is 0.0314. The van der Waals surface area contributed by atoms with Crippen molar-refractivity contribution in [1.29, 1.82) is 0 Å². The van der Waals surface area contributed by atoms with Gasteiger partial charge in [0, 0.05) is 130 Å². The summed E-state index contributed by atoms with van der Waals surface area (Å²) in [5.41, 5.74) is 2.19. The summed E-state index contributed by atoms with van der Waals surface area (Å²) in [5, 5.41) is 65.7. The van der Waals surface area contributed by atoms with Crippen LogP contribution in [0, 0.1) is 23.7 Å². The second kappa shape index (κ2) is 41.4. The van der Waals surface area contributed by atoms with Crippen LogP contribution >= 0.6 is 72.6 Å². The molecular formula is C80H102BrN15O14S5. The molecule has 7 saturated heterocycles. The number of halogens is 1. The third kappa shape index (κ3) is 22.8. The number of thiazole rings is 5. The van der Waals surface area contributed by atoms with Gasteiger partial charge in [0.1, 0.15) is 58.0 Å². The second-order valence-corrected chi connectivity index (χ2v) is 35.7. The van der Waals surface area contributed by atoms with Crippen LogP contribution in [0.3, 0.4) is 0 Å². The van der Waals surface area contributed by atoms with E-state index in [4.69, 9.17) is 33.5 Å². The molecule has 29 nitrogen and oxygen atoms in total. The zero-order valence-corrected chi connectivity index (χ0v) is 69.9. The zero-order chi connectivity index (χ0) is 79.4. The molecule has 15 heterocycles. The largest absolute Gasteiger partial charge is 0.486 e. The predicted molar refractivity (Wildman–Crippen MR) is 447 cm³/mol. The molecule has 0 bridgehead atoms. The number of aliphatic hydroxyl groups excluding tert-OH is 3. The van der Waals surface area contributed by atoms with E-state index in [0.29, 0.717) is 120 Å². The van der Waals surface area contributed by atoms with E-state index in [1.54, 1.807) is 87.7 Å². The number of hydrogen-bond acceptors (Lipinski definition) is 30. The van der Waals surface area contributed by atoms with Crippen molar-refractivity contribution in [3.05, 3.63) is 133 Å². The van der Waals surface area contributed by atoms with Crippen molar-refractivity contribution in [2.45, 2.75) is 101 Å². The molecule has 8 aromatic rings. The van der Waals surface area contributed by atoms with Crippen LogP contribution in [-0.4, -0.2) is 253 Å². The van der Waals surface area contributed by atoms with Crippen molar-refractivity contribution >= 4 is 117 Å². The van der Waals surface area contributed by atoms with Gasteiger partial charge in [-0.05, 0) is 172 Å². The highest BCUT2D eigenvalue weighted by molar-refractivity contribution is 9.11. The average molecular weight is 1740 g/mol. The molecule has 7 fully saturated rings. The molecule has 5 aromatic heterocycles. The Kier molecular flexibility index (Phi) is 30.0. The molecular weight excluding hydrogens is 1640 g/mol. The number of likely N-dealkylation sites (tertiary alicyclic amines) is 3. The molecule has 10 atom stereocenters. The average Bonchev–Trinajstić information content (AvgIpc) is 1.80. The number of aliphatic carboxylic acids is 1. The smallest absolute Gasteiger partial charge is 0.308 e. The number of nitrogens with one attached hydrogen (secondary N) is 3. The second-order valence-electron chi connectivity index (χ2n) is 30.0. The number of aromatic nitrogens is 5. The molecule has 18 rings (SSSR count). The predicted octanol–water partition coefficient (Wildman–Crippen LogP) is 9.12. The fourth-order valence-electron chi connectivity index (χ4n) is 16.0. The summed E-state index contributed by atoms with van der Waals surface area (Å²) >= 11 is 11.1. The van der Waals surface area contributed by atoms with Gasteiger partial charge >= 0.3 is 5.97 Å². The minimum Gasteiger partial charge on any atom is -0.486 e. The zero-order valence-electron chi connectivity index (χ0n) is 64.2. The molecule has 3 aromatic carbocycles. The van der Waals surface area contributed by atoms with Gasteiger partial charge in [-0.2, -0.15) is 0 Å². The van der Waals surface area contributed by atoms with Gasteiger partial charge in [0.25, 0.3) is 0 Å². The molecule has 2 unspecified atom stereocenters. The number of rotatable bonds is 23. The molecule has 0 radical (unpaired) electrons. The highest BCUT2D eigenvalue weighted by Gasteiger charge is 2.39. The number of carbonyl (C=O) groups is 4. The van der Waals surface area contributed by atoms with E-state index in [-0.39, 0.29) is 41.4 Å². The summed E-state index contributed by atoms with van der Waals surface area (Å²) < 4.78 is 34.8. The van der Waals surface area contributed by atoms with Gasteiger partial charge in [-0.25, -0.2) is 24.9 Å². The van der Waals surface area contributed by atoms with Crippen LogP contribution in [0.4, 0.5) is 20.5 Å². The van der Waals surface area contributed by atoms with Gasteiger partial charge < -0.3 is 99.1 Å². The van der Waals surface area contributed by atoms with Crippen molar-refractivity contribution in [2.75, 3.05) is 171 Å². The van der Waals surface area contributed by atoms with Crippen LogP contribution in [0.15, 0.2) is 116 Å². The van der Waals surface area contributed by atoms with Gasteiger partial charge in [0.15, 0.2) is 58.9 Å². The maximum Gasteiger partial charge on any atom is 0.308 e. The molecule has 0 aliphatic carbocycles. The van der Waals surface area contributed by atoms with Crippen molar-refractivity contribution in [3.8, 4) is 34.5 Å². The van der Waals surface area contributed by atoms with Gasteiger partial charge in [-0.1, -0.05) is 18.2 Å². The monoisotopic (exact) mass is 1740 g/mol. The van der Waals surface area contributed by atoms with E-state index in [1.165, 1.54) is 0 Å². The van der Waals surface area contributed by atoms with Crippen LogP contribution in [0.2, 0.25) is 0 Å². The van der Waals surface area contributed by atoms with E-state index in [2.05, 4.69) is 86.2 Å². The number of carbonyl (C=O) groups excluding carboxylic acids is 3. The highest BCUT2D eigenvalue weighted by atomic mass is 79.9. The molecule has 3 amide bonds. The lowest BCUT2D eigenvalue weighted by atomic mass is 9.99. The summed E-state index contributed by atoms with van der Waals surface area (Å²) in [6, 6.07) is 15.4. The Morgan fingerprint density at radius 3 is 0.896 bits per heavy atom. The molecule has 35 heteroatoms. The Morgan fingerprint density at radius 1 is 0.383 bits per heavy atom. The summed E-state index contributed by atoms with van der Waals surface area (Å²) in [6.45, 7) is 16.9. The molecule has 7 N–H and O–H groups in total. The molecule has 0 saturated carbocycles. The van der Waals surface area contributed by atoms with E-state index in [9.17, 15) is 34.5 Å². The van der Waals surface area contributed by atoms with Crippen LogP contribution in [0.25, 0.3) is 0 Å². The van der Waals surface area contributed by atoms with Crippen LogP contribution in [0.1, 0.15) is 99.2 Å². The Labute approximate surface area is 698 Å². The number of anilines is 4. The number of hydrogen-bond donors (Lipinski definition) is 7. The van der Waals surface area contributed by atoms with Gasteiger partial charge in [-0.15, -0.1) is 56.7 Å². The van der Waals surface area contributed by atoms with Crippen molar-refractivity contribution in [3.63, 3.8) is 0 Å². The Hall–Kier alpha value is -8.07. The third-order valence-corrected chi connectivity index (χ3v) is 26.8. The van der Waals surface area contributed by atoms with Crippen LogP contribution in [0.5, 0.6) is 34.5 Å². The van der Waals surface area contributed by atoms with E-state index in [0.717, 1.165) is 171 Å². The first-order valence-electron chi connectivity index (χ1n) is 39.8. The number of benzene rings is 3. The third-order valence-electron chi connectivity index (χ3n) is 22.2. The van der Waals surface area contributed by atoms with E-state index >= 15 is 0 Å². The van der Waals surface area contributed by atoms with Crippen LogP contribution < -0.4 is 64.0 Å². The van der Waals surface area contributed by atoms with Crippen LogP contribution in [-0.2, 0) is 19.2 Å². The molecule has 618 valence electrons. The summed E-state index contributed by atoms with van der Waals surface area (Å²) in [7, 11) is 0. The minimum atomic E-state index is -0.827. The normalized spacial score (nSPS) is 21.9. The number of fused-ring (bicyclic) bond motifs is 3. The molecule has 10 aliphatic heterocycles. The van der Waals surface area contributed by atoms with Gasteiger partial charge in [0.05, 0.1) is 41.8 Å².